The molecule has 7 heteroatoms. The van der Waals surface area contributed by atoms with Crippen LogP contribution < -0.4 is 10.2 Å². The fourth-order valence-corrected chi connectivity index (χ4v) is 5.02. The van der Waals surface area contributed by atoms with Crippen molar-refractivity contribution in [1.82, 2.24) is 5.43 Å². The fraction of sp³-hybridized carbons (Fsp3) is 0.300. The second-order valence-corrected chi connectivity index (χ2v) is 9.58. The molecule has 2 aromatic carbocycles. The molecule has 1 amide bonds. The van der Waals surface area contributed by atoms with Gasteiger partial charge in [-0.2, -0.15) is 5.10 Å². The van der Waals surface area contributed by atoms with Crippen LogP contribution in [-0.2, 0) is 24.1 Å². The number of benzene rings is 2. The van der Waals surface area contributed by atoms with Gasteiger partial charge in [0.25, 0.3) is 0 Å². The molecule has 0 bridgehead atoms. The number of carbonyl (C=O) groups is 2. The van der Waals surface area contributed by atoms with Gasteiger partial charge in [-0.05, 0) is 74.9 Å². The third-order valence-corrected chi connectivity index (χ3v) is 6.81. The van der Waals surface area contributed by atoms with Crippen LogP contribution >= 0.6 is 0 Å². The zero-order valence-corrected chi connectivity index (χ0v) is 21.6. The van der Waals surface area contributed by atoms with Gasteiger partial charge in [0.2, 0.25) is 11.7 Å². The summed E-state index contributed by atoms with van der Waals surface area (Å²) in [7, 11) is 0. The summed E-state index contributed by atoms with van der Waals surface area (Å²) in [6.07, 6.45) is 4.88. The van der Waals surface area contributed by atoms with Gasteiger partial charge in [0, 0.05) is 28.5 Å². The number of nitrogens with one attached hydrogen (secondary N) is 1. The van der Waals surface area contributed by atoms with Gasteiger partial charge in [-0.25, -0.2) is 10.2 Å². The van der Waals surface area contributed by atoms with Crippen LogP contribution in [0.5, 0.6) is 5.75 Å². The van der Waals surface area contributed by atoms with Crippen LogP contribution in [-0.4, -0.2) is 17.6 Å². The molecule has 2 aromatic heterocycles. The van der Waals surface area contributed by atoms with E-state index in [0.29, 0.717) is 35.6 Å². The molecule has 0 aliphatic heterocycles. The predicted octanol–water partition coefficient (Wildman–Crippen LogP) is 6.13. The maximum absolute atomic E-state index is 12.9. The molecule has 0 saturated heterocycles. The van der Waals surface area contributed by atoms with E-state index >= 15 is 0 Å². The van der Waals surface area contributed by atoms with E-state index in [2.05, 4.69) is 23.5 Å². The van der Waals surface area contributed by atoms with E-state index in [1.807, 2.05) is 39.0 Å². The van der Waals surface area contributed by atoms with E-state index in [1.165, 1.54) is 5.56 Å². The zero-order chi connectivity index (χ0) is 26.1. The highest BCUT2D eigenvalue weighted by Crippen LogP contribution is 2.31. The quantitative estimate of drug-likeness (QED) is 0.196. The van der Waals surface area contributed by atoms with Gasteiger partial charge in [-0.3, -0.25) is 4.79 Å². The molecule has 0 saturated carbocycles. The van der Waals surface area contributed by atoms with Crippen molar-refractivity contribution in [3.63, 3.8) is 0 Å². The van der Waals surface area contributed by atoms with Crippen molar-refractivity contribution in [2.24, 2.45) is 5.10 Å². The Balaban J connectivity index is 1.32. The van der Waals surface area contributed by atoms with E-state index in [4.69, 9.17) is 13.6 Å². The molecular formula is C30H30N2O5. The molecule has 4 aromatic rings. The second-order valence-electron chi connectivity index (χ2n) is 9.58. The average molecular weight is 499 g/mol. The number of hydrazone groups is 1. The first-order valence-electron chi connectivity index (χ1n) is 12.6. The Bertz CT molecular complexity index is 1520. The van der Waals surface area contributed by atoms with Crippen LogP contribution in [0.25, 0.3) is 11.0 Å². The third kappa shape index (κ3) is 4.94. The number of hydrogen-bond donors (Lipinski definition) is 1. The zero-order valence-electron chi connectivity index (χ0n) is 21.6. The number of hydrogen-bond acceptors (Lipinski definition) is 6. The smallest absolute Gasteiger partial charge is 0.379 e. The van der Waals surface area contributed by atoms with Crippen LogP contribution in [0.3, 0.4) is 0 Å². The van der Waals surface area contributed by atoms with Crippen molar-refractivity contribution >= 4 is 28.6 Å². The number of nitrogens with zero attached hydrogens (tertiary/aromatic N) is 1. The van der Waals surface area contributed by atoms with Gasteiger partial charge in [-0.15, -0.1) is 0 Å². The van der Waals surface area contributed by atoms with Gasteiger partial charge in [-0.1, -0.05) is 25.1 Å². The summed E-state index contributed by atoms with van der Waals surface area (Å²) in [6, 6.07) is 11.5. The number of ether oxygens (including phenoxy) is 1. The van der Waals surface area contributed by atoms with Crippen LogP contribution in [0.1, 0.15) is 69.5 Å². The number of rotatable bonds is 6. The Morgan fingerprint density at radius 2 is 1.86 bits per heavy atom. The van der Waals surface area contributed by atoms with Crippen molar-refractivity contribution in [2.75, 3.05) is 0 Å². The molecule has 0 atom stereocenters. The Labute approximate surface area is 215 Å². The van der Waals surface area contributed by atoms with Crippen molar-refractivity contribution in [3.05, 3.63) is 87.6 Å². The van der Waals surface area contributed by atoms with Crippen molar-refractivity contribution < 1.29 is 23.2 Å². The summed E-state index contributed by atoms with van der Waals surface area (Å²) < 4.78 is 17.2. The topological polar surface area (TPSA) is 94.0 Å². The summed E-state index contributed by atoms with van der Waals surface area (Å²) >= 11 is 0. The Hall–Kier alpha value is -4.13. The lowest BCUT2D eigenvalue weighted by atomic mass is 9.93. The highest BCUT2D eigenvalue weighted by Gasteiger charge is 2.29. The number of fused-ring (bicyclic) bond motifs is 2. The van der Waals surface area contributed by atoms with Crippen LogP contribution in [0.15, 0.2) is 56.6 Å². The molecule has 1 aliphatic rings. The van der Waals surface area contributed by atoms with Crippen LogP contribution in [0, 0.1) is 20.8 Å². The molecule has 190 valence electrons. The Morgan fingerprint density at radius 3 is 2.62 bits per heavy atom. The van der Waals surface area contributed by atoms with Crippen LogP contribution in [0.4, 0.5) is 0 Å². The van der Waals surface area contributed by atoms with Gasteiger partial charge >= 0.3 is 5.97 Å². The molecule has 0 fully saturated rings. The molecule has 5 rings (SSSR count). The summed E-state index contributed by atoms with van der Waals surface area (Å²) in [5.41, 5.74) is 9.80. The lowest BCUT2D eigenvalue weighted by Gasteiger charge is -2.13. The first-order valence-corrected chi connectivity index (χ1v) is 12.6. The highest BCUT2D eigenvalue weighted by molar-refractivity contribution is 6.06. The highest BCUT2D eigenvalue weighted by atomic mass is 16.5. The standard InChI is InChI=1S/C30H30N2O5/c1-5-20-9-11-22(12-10-20)36-30(34)29-19(4)28-23(7-6-8-24(28)37-29)31-32-26(33)15-21-16-35-25-14-17(2)13-18(3)27(21)25/h9-14,16H,5-8,15H2,1-4H3,(H,32,33)/b31-23+. The number of carbonyl (C=O) groups excluding carboxylic acids is 2. The fourth-order valence-electron chi connectivity index (χ4n) is 5.02. The summed E-state index contributed by atoms with van der Waals surface area (Å²) in [5, 5.41) is 5.40. The second kappa shape index (κ2) is 10.1. The van der Waals surface area contributed by atoms with Crippen LogP contribution in [0.2, 0.25) is 0 Å². The van der Waals surface area contributed by atoms with Gasteiger partial charge in [0.15, 0.2) is 0 Å². The van der Waals surface area contributed by atoms with Gasteiger partial charge in [0.1, 0.15) is 17.1 Å². The number of amides is 1. The summed E-state index contributed by atoms with van der Waals surface area (Å²) in [4.78, 5) is 25.7. The lowest BCUT2D eigenvalue weighted by Crippen LogP contribution is -2.23. The predicted molar refractivity (Wildman–Crippen MR) is 141 cm³/mol. The molecule has 0 unspecified atom stereocenters. The number of furan rings is 2. The maximum Gasteiger partial charge on any atom is 0.379 e. The van der Waals surface area contributed by atoms with Gasteiger partial charge < -0.3 is 13.6 Å². The lowest BCUT2D eigenvalue weighted by molar-refractivity contribution is -0.120. The van der Waals surface area contributed by atoms with E-state index in [1.54, 1.807) is 18.4 Å². The van der Waals surface area contributed by atoms with Crippen molar-refractivity contribution in [1.29, 1.82) is 0 Å². The van der Waals surface area contributed by atoms with Crippen molar-refractivity contribution in [3.8, 4) is 5.75 Å². The third-order valence-electron chi connectivity index (χ3n) is 6.81. The van der Waals surface area contributed by atoms with E-state index in [9.17, 15) is 9.59 Å². The maximum atomic E-state index is 12.9. The van der Waals surface area contributed by atoms with Crippen molar-refractivity contribution in [2.45, 2.75) is 59.8 Å². The van der Waals surface area contributed by atoms with E-state index < -0.39 is 5.97 Å². The molecular weight excluding hydrogens is 468 g/mol. The van der Waals surface area contributed by atoms with Gasteiger partial charge in [0.05, 0.1) is 18.4 Å². The molecule has 1 N–H and O–H groups in total. The monoisotopic (exact) mass is 498 g/mol. The summed E-state index contributed by atoms with van der Waals surface area (Å²) in [5.74, 6) is 0.544. The minimum absolute atomic E-state index is 0.152. The molecule has 37 heavy (non-hydrogen) atoms. The minimum Gasteiger partial charge on any atom is -0.464 e. The minimum atomic E-state index is -0.544. The Morgan fingerprint density at radius 1 is 1.08 bits per heavy atom. The molecule has 0 spiro atoms. The Kier molecular flexibility index (Phi) is 6.70. The molecule has 2 heterocycles. The first-order chi connectivity index (χ1) is 17.8. The average Bonchev–Trinajstić information content (AvgIpc) is 3.44. The molecule has 1 aliphatic carbocycles. The summed E-state index contributed by atoms with van der Waals surface area (Å²) in [6.45, 7) is 7.92. The van der Waals surface area contributed by atoms with E-state index in [-0.39, 0.29) is 18.1 Å². The number of aryl methyl sites for hydroxylation is 4. The molecule has 7 nitrogen and oxygen atoms in total. The SMILES string of the molecule is CCc1ccc(OC(=O)c2oc3c(c2C)/C(=N/NC(=O)Cc2coc4cc(C)cc(C)c24)CCC3)cc1. The molecule has 0 radical (unpaired) electrons. The van der Waals surface area contributed by atoms with E-state index in [0.717, 1.165) is 46.1 Å². The normalized spacial score (nSPS) is 14.1. The number of esters is 1. The first kappa shape index (κ1) is 24.6. The largest absolute Gasteiger partial charge is 0.464 e.